The predicted molar refractivity (Wildman–Crippen MR) is 180 cm³/mol. The first kappa shape index (κ1) is 31.3. The Morgan fingerprint density at radius 1 is 1.02 bits per heavy atom. The number of nitrogens with zero attached hydrogens (tertiary/aromatic N) is 2. The number of hydrogen-bond donors (Lipinski definition) is 2. The Morgan fingerprint density at radius 2 is 1.74 bits per heavy atom. The highest BCUT2D eigenvalue weighted by molar-refractivity contribution is 14.1. The average molecular weight is 759 g/mol. The van der Waals surface area contributed by atoms with Crippen molar-refractivity contribution in [2.45, 2.75) is 0 Å². The summed E-state index contributed by atoms with van der Waals surface area (Å²) in [4.78, 5) is 29.3. The zero-order valence-corrected chi connectivity index (χ0v) is 27.7. The fourth-order valence-corrected chi connectivity index (χ4v) is 6.50. The number of aromatic nitrogens is 2. The fourth-order valence-electron chi connectivity index (χ4n) is 5.37. The van der Waals surface area contributed by atoms with E-state index in [1.807, 2.05) is 22.6 Å². The van der Waals surface area contributed by atoms with Gasteiger partial charge in [0.25, 0.3) is 5.91 Å². The van der Waals surface area contributed by atoms with Gasteiger partial charge < -0.3 is 19.5 Å². The number of carbonyl (C=O) groups is 1. The van der Waals surface area contributed by atoms with E-state index in [1.54, 1.807) is 24.3 Å². The van der Waals surface area contributed by atoms with Gasteiger partial charge in [0.1, 0.15) is 34.2 Å². The zero-order chi connectivity index (χ0) is 33.1. The van der Waals surface area contributed by atoms with Crippen molar-refractivity contribution in [3.8, 4) is 33.9 Å². The molecule has 0 saturated heterocycles. The molecule has 236 valence electrons. The van der Waals surface area contributed by atoms with Crippen molar-refractivity contribution in [2.75, 3.05) is 31.8 Å². The summed E-state index contributed by atoms with van der Waals surface area (Å²) in [6.45, 7) is 0. The van der Waals surface area contributed by atoms with Crippen LogP contribution in [0.5, 0.6) is 5.75 Å². The van der Waals surface area contributed by atoms with E-state index < -0.39 is 33.3 Å². The number of fused-ring (bicyclic) bond motifs is 2. The molecule has 2 N–H and O–H groups in total. The van der Waals surface area contributed by atoms with Crippen molar-refractivity contribution >= 4 is 66.2 Å². The maximum absolute atomic E-state index is 14.4. The maximum atomic E-state index is 14.4. The quantitative estimate of drug-likeness (QED) is 0.191. The lowest BCUT2D eigenvalue weighted by atomic mass is 9.97. The van der Waals surface area contributed by atoms with E-state index in [0.29, 0.717) is 36.7 Å². The number of imidazole rings is 1. The fraction of sp³-hybridized carbons (Fsp3) is 0.125. The lowest BCUT2D eigenvalue weighted by Gasteiger charge is -2.21. The summed E-state index contributed by atoms with van der Waals surface area (Å²) in [5, 5.41) is 2.96. The van der Waals surface area contributed by atoms with Crippen LogP contribution in [0, 0.1) is 15.2 Å². The van der Waals surface area contributed by atoms with Crippen molar-refractivity contribution in [3.05, 3.63) is 98.0 Å². The monoisotopic (exact) mass is 758 g/mol. The molecule has 10 nitrogen and oxygen atoms in total. The Hall–Kier alpha value is -4.70. The Bertz CT molecular complexity index is 2340. The van der Waals surface area contributed by atoms with Gasteiger partial charge in [-0.25, -0.2) is 22.0 Å². The summed E-state index contributed by atoms with van der Waals surface area (Å²) in [5.74, 6) is -1.07. The molecule has 46 heavy (non-hydrogen) atoms. The average Bonchev–Trinajstić information content (AvgIpc) is 3.55. The number of nitrogens with one attached hydrogen (secondary N) is 2. The Balaban J connectivity index is 1.71. The summed E-state index contributed by atoms with van der Waals surface area (Å²) in [6.07, 6.45) is 1.04. The molecule has 0 unspecified atom stereocenters. The van der Waals surface area contributed by atoms with Gasteiger partial charge in [-0.3, -0.25) is 13.7 Å². The van der Waals surface area contributed by atoms with Gasteiger partial charge in [-0.05, 0) is 88.8 Å². The summed E-state index contributed by atoms with van der Waals surface area (Å²) >= 11 is 1.95. The van der Waals surface area contributed by atoms with Crippen molar-refractivity contribution < 1.29 is 31.1 Å². The van der Waals surface area contributed by atoms with Gasteiger partial charge in [0.2, 0.25) is 10.0 Å². The third kappa shape index (κ3) is 5.40. The number of H-pyrrole nitrogens is 1. The van der Waals surface area contributed by atoms with Crippen LogP contribution in [-0.4, -0.2) is 51.3 Å². The molecule has 1 amide bonds. The highest BCUT2D eigenvalue weighted by Gasteiger charge is 2.27. The van der Waals surface area contributed by atoms with Crippen molar-refractivity contribution in [2.24, 2.45) is 0 Å². The van der Waals surface area contributed by atoms with Gasteiger partial charge in [-0.15, -0.1) is 0 Å². The third-order valence-electron chi connectivity index (χ3n) is 7.60. The first-order chi connectivity index (χ1) is 21.8. The number of ether oxygens (including phenoxy) is 1. The molecule has 0 atom stereocenters. The number of carbonyl (C=O) groups excluding carboxylic acids is 1. The molecule has 6 aromatic rings. The predicted octanol–water partition coefficient (Wildman–Crippen LogP) is 6.05. The second-order valence-electron chi connectivity index (χ2n) is 10.5. The Kier molecular flexibility index (Phi) is 7.88. The van der Waals surface area contributed by atoms with Crippen LogP contribution in [0.25, 0.3) is 50.1 Å². The van der Waals surface area contributed by atoms with E-state index in [2.05, 4.69) is 10.3 Å². The molecule has 14 heteroatoms. The molecule has 6 rings (SSSR count). The first-order valence-electron chi connectivity index (χ1n) is 13.6. The van der Waals surface area contributed by atoms with Gasteiger partial charge in [0, 0.05) is 40.2 Å². The van der Waals surface area contributed by atoms with Gasteiger partial charge >= 0.3 is 5.69 Å². The van der Waals surface area contributed by atoms with Crippen LogP contribution in [0.15, 0.2) is 75.9 Å². The van der Waals surface area contributed by atoms with Gasteiger partial charge in [0.15, 0.2) is 0 Å². The van der Waals surface area contributed by atoms with Crippen molar-refractivity contribution in [1.82, 2.24) is 14.9 Å². The molecule has 0 aliphatic rings. The van der Waals surface area contributed by atoms with Crippen LogP contribution < -0.4 is 20.0 Å². The minimum absolute atomic E-state index is 0.153. The number of hydrogen-bond acceptors (Lipinski definition) is 6. The summed E-state index contributed by atoms with van der Waals surface area (Å²) in [7, 11) is 0.435. The smallest absolute Gasteiger partial charge is 0.331 e. The summed E-state index contributed by atoms with van der Waals surface area (Å²) < 4.78 is 68.6. The van der Waals surface area contributed by atoms with Crippen LogP contribution in [0.3, 0.4) is 0 Å². The number of sulfonamides is 1. The second kappa shape index (κ2) is 11.6. The lowest BCUT2D eigenvalue weighted by Crippen LogP contribution is -2.25. The number of halogens is 3. The number of furan rings is 1. The van der Waals surface area contributed by atoms with Crippen LogP contribution in [0.1, 0.15) is 10.4 Å². The molecule has 0 saturated carbocycles. The molecule has 0 spiro atoms. The number of anilines is 1. The molecule has 2 heterocycles. The zero-order valence-electron chi connectivity index (χ0n) is 24.7. The minimum atomic E-state index is -3.82. The van der Waals surface area contributed by atoms with Gasteiger partial charge in [-0.2, -0.15) is 0 Å². The number of amides is 1. The van der Waals surface area contributed by atoms with E-state index >= 15 is 0 Å². The number of aromatic amines is 1. The minimum Gasteiger partial charge on any atom is -0.494 e. The molecule has 0 aliphatic carbocycles. The van der Waals surface area contributed by atoms with Crippen molar-refractivity contribution in [3.63, 3.8) is 0 Å². The molecular weight excluding hydrogens is 733 g/mol. The van der Waals surface area contributed by atoms with E-state index in [-0.39, 0.29) is 34.0 Å². The standard InChI is InChI=1S/C32H25F2IN4O6S/c1-36-31(40)28-23-14-22(24(38(2)46(4,42)43)15-26(23)45-30(28)16-5-7-18(33)8-6-16)17-9-25-29(27(10-17)44-3)37-32(41)39(25)21-12-19(34)11-20(35)13-21/h5-15H,1-4H3,(H,36,40)(H,37,41). The van der Waals surface area contributed by atoms with E-state index in [0.717, 1.165) is 10.6 Å². The van der Waals surface area contributed by atoms with E-state index in [9.17, 15) is 26.8 Å². The summed E-state index contributed by atoms with van der Waals surface area (Å²) in [5.41, 5.74) is 2.15. The second-order valence-corrected chi connectivity index (χ2v) is 13.7. The van der Waals surface area contributed by atoms with Gasteiger partial charge in [-0.1, -0.05) is 0 Å². The molecule has 0 fully saturated rings. The molecular formula is C32H25F2IN4O6S. The highest BCUT2D eigenvalue weighted by Crippen LogP contribution is 2.43. The maximum Gasteiger partial charge on any atom is 0.331 e. The van der Waals surface area contributed by atoms with E-state index in [4.69, 9.17) is 9.15 Å². The van der Waals surface area contributed by atoms with E-state index in [1.165, 1.54) is 68.2 Å². The molecule has 2 aromatic heterocycles. The summed E-state index contributed by atoms with van der Waals surface area (Å²) in [6, 6.07) is 16.0. The Labute approximate surface area is 274 Å². The molecule has 0 bridgehead atoms. The Morgan fingerprint density at radius 3 is 2.37 bits per heavy atom. The largest absolute Gasteiger partial charge is 0.494 e. The molecule has 0 aliphatic heterocycles. The number of methoxy groups -OCH3 is 1. The topological polar surface area (TPSA) is 127 Å². The number of benzene rings is 4. The van der Waals surface area contributed by atoms with Gasteiger partial charge in [0.05, 0.1) is 35.8 Å². The lowest BCUT2D eigenvalue weighted by molar-refractivity contribution is 0.0964. The van der Waals surface area contributed by atoms with Crippen LogP contribution in [0.2, 0.25) is 0 Å². The van der Waals surface area contributed by atoms with Crippen LogP contribution in [0.4, 0.5) is 14.5 Å². The molecule has 0 radical (unpaired) electrons. The highest BCUT2D eigenvalue weighted by atomic mass is 127. The normalized spacial score (nSPS) is 11.7. The van der Waals surface area contributed by atoms with Crippen LogP contribution in [-0.2, 0) is 10.0 Å². The van der Waals surface area contributed by atoms with Crippen molar-refractivity contribution in [1.29, 1.82) is 0 Å². The number of rotatable bonds is 7. The SMILES string of the molecule is CNC(=O)c1c(-c2ccc(F)cc2)oc2cc(N(C)S(C)(=O)=O)c(-c3cc(OC)c4[nH]c(=O)n(-c5cc(F)cc(I)c5)c4c3)cc12. The molecule has 4 aromatic carbocycles. The van der Waals surface area contributed by atoms with Crippen LogP contribution >= 0.6 is 22.6 Å². The first-order valence-corrected chi connectivity index (χ1v) is 16.6. The third-order valence-corrected chi connectivity index (χ3v) is 9.41.